The fraction of sp³-hybridized carbons (Fsp3) is 0.120. The Morgan fingerprint density at radius 3 is 2.13 bits per heavy atom. The number of pyridine rings is 2. The molecule has 6 nitrogen and oxygen atoms in total. The highest BCUT2D eigenvalue weighted by molar-refractivity contribution is 6.13. The van der Waals surface area contributed by atoms with E-state index in [0.717, 1.165) is 27.6 Å². The third-order valence-corrected chi connectivity index (χ3v) is 4.93. The summed E-state index contributed by atoms with van der Waals surface area (Å²) in [6.07, 6.45) is 3.42. The van der Waals surface area contributed by atoms with Crippen molar-refractivity contribution in [1.82, 2.24) is 9.97 Å². The van der Waals surface area contributed by atoms with Crippen molar-refractivity contribution in [3.8, 4) is 11.3 Å². The predicted octanol–water partition coefficient (Wildman–Crippen LogP) is 5.12. The van der Waals surface area contributed by atoms with E-state index < -0.39 is 0 Å². The van der Waals surface area contributed by atoms with Gasteiger partial charge >= 0.3 is 0 Å². The summed E-state index contributed by atoms with van der Waals surface area (Å²) in [6, 6.07) is 16.6. The van der Waals surface area contributed by atoms with Crippen molar-refractivity contribution in [2.75, 3.05) is 10.6 Å². The first kappa shape index (κ1) is 20.2. The Balaban J connectivity index is 1.76. The molecule has 154 valence electrons. The number of nitrogens with zero attached hydrogens (tertiary/aromatic N) is 2. The molecule has 0 saturated carbocycles. The average molecular weight is 410 g/mol. The minimum atomic E-state index is -0.222. The number of aryl methyl sites for hydroxylation is 2. The second-order valence-corrected chi connectivity index (χ2v) is 7.48. The van der Waals surface area contributed by atoms with Crippen LogP contribution in [0.4, 0.5) is 11.4 Å². The Morgan fingerprint density at radius 1 is 0.839 bits per heavy atom. The summed E-state index contributed by atoms with van der Waals surface area (Å²) in [5.74, 6) is -0.366. The third-order valence-electron chi connectivity index (χ3n) is 4.93. The third kappa shape index (κ3) is 4.43. The Hall–Kier alpha value is -4.06. The average Bonchev–Trinajstić information content (AvgIpc) is 2.74. The molecule has 0 fully saturated rings. The molecule has 4 rings (SSSR count). The maximum absolute atomic E-state index is 13.3. The van der Waals surface area contributed by atoms with Gasteiger partial charge in [0.15, 0.2) is 0 Å². The molecule has 6 heteroatoms. The molecule has 0 aliphatic rings. The number of amides is 2. The van der Waals surface area contributed by atoms with Crippen molar-refractivity contribution in [3.63, 3.8) is 0 Å². The molecule has 2 N–H and O–H groups in total. The van der Waals surface area contributed by atoms with Crippen LogP contribution in [0, 0.1) is 13.8 Å². The van der Waals surface area contributed by atoms with Crippen molar-refractivity contribution < 1.29 is 9.59 Å². The van der Waals surface area contributed by atoms with Crippen LogP contribution in [0.1, 0.15) is 28.4 Å². The molecule has 0 bridgehead atoms. The maximum Gasteiger partial charge on any atom is 0.256 e. The molecule has 0 aliphatic carbocycles. The van der Waals surface area contributed by atoms with Crippen LogP contribution in [0.15, 0.2) is 67.0 Å². The number of aromatic nitrogens is 2. The number of fused-ring (bicyclic) bond motifs is 1. The van der Waals surface area contributed by atoms with E-state index in [4.69, 9.17) is 4.98 Å². The van der Waals surface area contributed by atoms with Gasteiger partial charge in [-0.25, -0.2) is 4.98 Å². The summed E-state index contributed by atoms with van der Waals surface area (Å²) in [7, 11) is 0. The second-order valence-electron chi connectivity index (χ2n) is 7.48. The van der Waals surface area contributed by atoms with Gasteiger partial charge in [-0.05, 0) is 67.9 Å². The van der Waals surface area contributed by atoms with Gasteiger partial charge in [-0.2, -0.15) is 0 Å². The van der Waals surface area contributed by atoms with Crippen LogP contribution in [0.25, 0.3) is 22.2 Å². The molecule has 0 saturated heterocycles. The normalized spacial score (nSPS) is 10.7. The molecule has 0 aliphatic heterocycles. The van der Waals surface area contributed by atoms with Gasteiger partial charge < -0.3 is 10.6 Å². The van der Waals surface area contributed by atoms with Crippen LogP contribution in [0.3, 0.4) is 0 Å². The van der Waals surface area contributed by atoms with E-state index in [0.29, 0.717) is 22.6 Å². The van der Waals surface area contributed by atoms with Crippen LogP contribution >= 0.6 is 0 Å². The highest BCUT2D eigenvalue weighted by atomic mass is 16.2. The second kappa shape index (κ2) is 8.36. The molecule has 0 spiro atoms. The molecule has 0 unspecified atom stereocenters. The van der Waals surface area contributed by atoms with Crippen LogP contribution in [0.5, 0.6) is 0 Å². The summed E-state index contributed by atoms with van der Waals surface area (Å²) in [4.78, 5) is 33.4. The van der Waals surface area contributed by atoms with Gasteiger partial charge in [-0.15, -0.1) is 0 Å². The monoisotopic (exact) mass is 410 g/mol. The van der Waals surface area contributed by atoms with Gasteiger partial charge in [-0.1, -0.05) is 11.6 Å². The Bertz CT molecular complexity index is 1280. The lowest BCUT2D eigenvalue weighted by atomic mass is 9.99. The fourth-order valence-corrected chi connectivity index (χ4v) is 3.58. The van der Waals surface area contributed by atoms with Crippen molar-refractivity contribution in [2.24, 2.45) is 0 Å². The molecule has 0 atom stereocenters. The SMILES string of the molecule is CC(=O)Nc1ccc(NC(=O)c2cc(-c3ccncc3)nc3c(C)cc(C)cc23)cc1. The fourth-order valence-electron chi connectivity index (χ4n) is 3.58. The zero-order valence-corrected chi connectivity index (χ0v) is 17.6. The molecule has 2 aromatic heterocycles. The molecule has 2 heterocycles. The molecule has 0 radical (unpaired) electrons. The van der Waals surface area contributed by atoms with Crippen LogP contribution < -0.4 is 10.6 Å². The first-order valence-corrected chi connectivity index (χ1v) is 9.92. The summed E-state index contributed by atoms with van der Waals surface area (Å²) >= 11 is 0. The Morgan fingerprint density at radius 2 is 1.48 bits per heavy atom. The van der Waals surface area contributed by atoms with Crippen LogP contribution in [-0.2, 0) is 4.79 Å². The lowest BCUT2D eigenvalue weighted by molar-refractivity contribution is -0.114. The predicted molar refractivity (Wildman–Crippen MR) is 123 cm³/mol. The van der Waals surface area contributed by atoms with Gasteiger partial charge in [0.2, 0.25) is 5.91 Å². The van der Waals surface area contributed by atoms with Crippen molar-refractivity contribution in [2.45, 2.75) is 20.8 Å². The topological polar surface area (TPSA) is 84.0 Å². The number of carbonyl (C=O) groups is 2. The number of hydrogen-bond donors (Lipinski definition) is 2. The maximum atomic E-state index is 13.3. The first-order valence-electron chi connectivity index (χ1n) is 9.92. The van der Waals surface area contributed by atoms with Crippen molar-refractivity contribution in [1.29, 1.82) is 0 Å². The zero-order chi connectivity index (χ0) is 22.0. The van der Waals surface area contributed by atoms with Gasteiger partial charge in [0.05, 0.1) is 16.8 Å². The van der Waals surface area contributed by atoms with Gasteiger partial charge in [0, 0.05) is 41.6 Å². The van der Waals surface area contributed by atoms with E-state index >= 15 is 0 Å². The molecule has 4 aromatic rings. The number of carbonyl (C=O) groups excluding carboxylic acids is 2. The van der Waals surface area contributed by atoms with E-state index in [2.05, 4.69) is 21.7 Å². The van der Waals surface area contributed by atoms with E-state index in [1.165, 1.54) is 6.92 Å². The number of nitrogens with one attached hydrogen (secondary N) is 2. The summed E-state index contributed by atoms with van der Waals surface area (Å²) in [5, 5.41) is 6.48. The highest BCUT2D eigenvalue weighted by Gasteiger charge is 2.16. The lowest BCUT2D eigenvalue weighted by Crippen LogP contribution is -2.13. The Labute approximate surface area is 180 Å². The van der Waals surface area contributed by atoms with Gasteiger partial charge in [0.25, 0.3) is 5.91 Å². The largest absolute Gasteiger partial charge is 0.326 e. The number of hydrogen-bond acceptors (Lipinski definition) is 4. The van der Waals surface area contributed by atoms with Gasteiger partial charge in [0.1, 0.15) is 0 Å². The summed E-state index contributed by atoms with van der Waals surface area (Å²) in [5.41, 5.74) is 6.35. The van der Waals surface area contributed by atoms with Crippen LogP contribution in [-0.4, -0.2) is 21.8 Å². The van der Waals surface area contributed by atoms with E-state index in [-0.39, 0.29) is 11.8 Å². The lowest BCUT2D eigenvalue weighted by Gasteiger charge is -2.13. The minimum Gasteiger partial charge on any atom is -0.326 e. The van der Waals surface area contributed by atoms with Gasteiger partial charge in [-0.3, -0.25) is 14.6 Å². The van der Waals surface area contributed by atoms with E-state index in [9.17, 15) is 9.59 Å². The molecule has 2 aromatic carbocycles. The highest BCUT2D eigenvalue weighted by Crippen LogP contribution is 2.28. The number of rotatable bonds is 4. The molecule has 31 heavy (non-hydrogen) atoms. The Kier molecular flexibility index (Phi) is 5.45. The van der Waals surface area contributed by atoms with Crippen molar-refractivity contribution >= 4 is 34.1 Å². The van der Waals surface area contributed by atoms with E-state index in [1.54, 1.807) is 36.7 Å². The molecular formula is C25H22N4O2. The number of anilines is 2. The summed E-state index contributed by atoms with van der Waals surface area (Å²) < 4.78 is 0. The quantitative estimate of drug-likeness (QED) is 0.489. The molecule has 2 amide bonds. The molecular weight excluding hydrogens is 388 g/mol. The van der Waals surface area contributed by atoms with Crippen LogP contribution in [0.2, 0.25) is 0 Å². The zero-order valence-electron chi connectivity index (χ0n) is 17.6. The van der Waals surface area contributed by atoms with E-state index in [1.807, 2.05) is 38.1 Å². The number of benzene rings is 2. The standard InChI is InChI=1S/C25H22N4O2/c1-15-12-16(2)24-21(13-15)22(14-23(29-24)18-8-10-26-11-9-18)25(31)28-20-6-4-19(5-7-20)27-17(3)30/h4-14H,1-3H3,(H,27,30)(H,28,31). The van der Waals surface area contributed by atoms with Crippen molar-refractivity contribution in [3.05, 3.63) is 83.7 Å². The minimum absolute atomic E-state index is 0.144. The summed E-state index contributed by atoms with van der Waals surface area (Å²) in [6.45, 7) is 5.46. The smallest absolute Gasteiger partial charge is 0.256 e. The first-order chi connectivity index (χ1) is 14.9.